The maximum Gasteiger partial charge on any atom is 0.120 e. The molecule has 0 saturated carbocycles. The number of hydrogen-bond acceptors (Lipinski definition) is 2. The Morgan fingerprint density at radius 1 is 1.54 bits per heavy atom. The molecule has 0 bridgehead atoms. The van der Waals surface area contributed by atoms with Gasteiger partial charge in [-0.1, -0.05) is 24.9 Å². The van der Waals surface area contributed by atoms with Gasteiger partial charge in [0.25, 0.3) is 0 Å². The molecular formula is C10H14ClNO. The summed E-state index contributed by atoms with van der Waals surface area (Å²) in [6.45, 7) is 2.06. The molecule has 0 aromatic heterocycles. The molecule has 0 unspecified atom stereocenters. The van der Waals surface area contributed by atoms with E-state index in [4.69, 9.17) is 17.3 Å². The van der Waals surface area contributed by atoms with E-state index in [1.807, 2.05) is 0 Å². The Labute approximate surface area is 83.3 Å². The number of phenolic OH excluding ortho intramolecular Hbond substituents is 1. The van der Waals surface area contributed by atoms with Crippen molar-refractivity contribution >= 4 is 11.6 Å². The summed E-state index contributed by atoms with van der Waals surface area (Å²) in [5, 5.41) is 10.1. The first-order valence-corrected chi connectivity index (χ1v) is 4.77. The second kappa shape index (κ2) is 4.49. The monoisotopic (exact) mass is 199 g/mol. The predicted octanol–water partition coefficient (Wildman–Crippen LogP) is 2.85. The minimum atomic E-state index is -0.122. The maximum atomic E-state index is 9.49. The minimum Gasteiger partial charge on any atom is -0.508 e. The average Bonchev–Trinajstić information content (AvgIpc) is 2.09. The standard InChI is InChI=1S/C10H14ClNO/c1-2-3-9(12)8-6-7(11)4-5-10(8)13/h4-6,9,13H,2-3,12H2,1H3/t9-/m0/s1. The largest absolute Gasteiger partial charge is 0.508 e. The van der Waals surface area contributed by atoms with Crippen molar-refractivity contribution in [3.05, 3.63) is 28.8 Å². The molecule has 2 nitrogen and oxygen atoms in total. The molecule has 3 heteroatoms. The van der Waals surface area contributed by atoms with Crippen LogP contribution >= 0.6 is 11.6 Å². The molecule has 72 valence electrons. The fourth-order valence-corrected chi connectivity index (χ4v) is 1.47. The van der Waals surface area contributed by atoms with Gasteiger partial charge < -0.3 is 10.8 Å². The number of nitrogens with two attached hydrogens (primary N) is 1. The zero-order chi connectivity index (χ0) is 9.84. The molecule has 0 spiro atoms. The molecule has 1 rings (SSSR count). The molecule has 1 atom stereocenters. The first-order chi connectivity index (χ1) is 6.15. The van der Waals surface area contributed by atoms with Gasteiger partial charge in [0.15, 0.2) is 0 Å². The third-order valence-electron chi connectivity index (χ3n) is 1.99. The second-order valence-corrected chi connectivity index (χ2v) is 3.53. The van der Waals surface area contributed by atoms with Gasteiger partial charge in [0.05, 0.1) is 0 Å². The van der Waals surface area contributed by atoms with Crippen LogP contribution in [0, 0.1) is 0 Å². The van der Waals surface area contributed by atoms with Crippen LogP contribution in [-0.2, 0) is 0 Å². The molecule has 0 fully saturated rings. The molecule has 0 saturated heterocycles. The third-order valence-corrected chi connectivity index (χ3v) is 2.22. The zero-order valence-electron chi connectivity index (χ0n) is 7.63. The summed E-state index contributed by atoms with van der Waals surface area (Å²) in [7, 11) is 0. The second-order valence-electron chi connectivity index (χ2n) is 3.10. The molecule has 0 heterocycles. The van der Waals surface area contributed by atoms with E-state index in [1.165, 1.54) is 0 Å². The molecule has 3 N–H and O–H groups in total. The Kier molecular flexibility index (Phi) is 3.58. The van der Waals surface area contributed by atoms with Gasteiger partial charge in [-0.05, 0) is 24.6 Å². The van der Waals surface area contributed by atoms with Gasteiger partial charge in [-0.25, -0.2) is 0 Å². The number of hydrogen-bond donors (Lipinski definition) is 2. The van der Waals surface area contributed by atoms with Crippen molar-refractivity contribution in [2.45, 2.75) is 25.8 Å². The molecular weight excluding hydrogens is 186 g/mol. The van der Waals surface area contributed by atoms with E-state index in [0.717, 1.165) is 18.4 Å². The summed E-state index contributed by atoms with van der Waals surface area (Å²) in [6.07, 6.45) is 1.85. The minimum absolute atomic E-state index is 0.122. The summed E-state index contributed by atoms with van der Waals surface area (Å²) in [5.74, 6) is 0.227. The van der Waals surface area contributed by atoms with Crippen LogP contribution in [0.3, 0.4) is 0 Å². The first-order valence-electron chi connectivity index (χ1n) is 4.39. The summed E-state index contributed by atoms with van der Waals surface area (Å²) in [6, 6.07) is 4.83. The summed E-state index contributed by atoms with van der Waals surface area (Å²) in [5.41, 5.74) is 6.59. The smallest absolute Gasteiger partial charge is 0.120 e. The van der Waals surface area contributed by atoms with Crippen molar-refractivity contribution in [3.63, 3.8) is 0 Å². The molecule has 0 aliphatic carbocycles. The Balaban J connectivity index is 2.91. The topological polar surface area (TPSA) is 46.2 Å². The van der Waals surface area contributed by atoms with Gasteiger partial charge in [0, 0.05) is 16.6 Å². The number of benzene rings is 1. The fraction of sp³-hybridized carbons (Fsp3) is 0.400. The van der Waals surface area contributed by atoms with Crippen molar-refractivity contribution in [2.24, 2.45) is 5.73 Å². The number of rotatable bonds is 3. The van der Waals surface area contributed by atoms with Crippen LogP contribution in [0.15, 0.2) is 18.2 Å². The van der Waals surface area contributed by atoms with Crippen LogP contribution in [0.1, 0.15) is 31.4 Å². The molecule has 0 aliphatic rings. The number of halogens is 1. The Hall–Kier alpha value is -0.730. The lowest BCUT2D eigenvalue weighted by molar-refractivity contribution is 0.458. The lowest BCUT2D eigenvalue weighted by atomic mass is 10.0. The van der Waals surface area contributed by atoms with Crippen molar-refractivity contribution in [3.8, 4) is 5.75 Å². The Morgan fingerprint density at radius 3 is 2.85 bits per heavy atom. The summed E-state index contributed by atoms with van der Waals surface area (Å²) < 4.78 is 0. The fourth-order valence-electron chi connectivity index (χ4n) is 1.29. The highest BCUT2D eigenvalue weighted by Gasteiger charge is 2.09. The van der Waals surface area contributed by atoms with Crippen LogP contribution in [0.25, 0.3) is 0 Å². The molecule has 1 aromatic rings. The van der Waals surface area contributed by atoms with E-state index >= 15 is 0 Å². The van der Waals surface area contributed by atoms with Gasteiger partial charge in [0.2, 0.25) is 0 Å². The predicted molar refractivity (Wildman–Crippen MR) is 55.0 cm³/mol. The molecule has 0 amide bonds. The van der Waals surface area contributed by atoms with Gasteiger partial charge in [0.1, 0.15) is 5.75 Å². The molecule has 1 aromatic carbocycles. The van der Waals surface area contributed by atoms with Gasteiger partial charge in [-0.2, -0.15) is 0 Å². The van der Waals surface area contributed by atoms with E-state index in [9.17, 15) is 5.11 Å². The molecule has 13 heavy (non-hydrogen) atoms. The molecule has 0 radical (unpaired) electrons. The Morgan fingerprint density at radius 2 is 2.23 bits per heavy atom. The van der Waals surface area contributed by atoms with Crippen LogP contribution < -0.4 is 5.73 Å². The van der Waals surface area contributed by atoms with E-state index in [1.54, 1.807) is 18.2 Å². The quantitative estimate of drug-likeness (QED) is 0.787. The molecule has 0 aliphatic heterocycles. The van der Waals surface area contributed by atoms with Crippen molar-refractivity contribution in [2.75, 3.05) is 0 Å². The van der Waals surface area contributed by atoms with Crippen molar-refractivity contribution < 1.29 is 5.11 Å². The average molecular weight is 200 g/mol. The van der Waals surface area contributed by atoms with Crippen LogP contribution in [0.5, 0.6) is 5.75 Å². The van der Waals surface area contributed by atoms with Crippen molar-refractivity contribution in [1.82, 2.24) is 0 Å². The first kappa shape index (κ1) is 10.4. The van der Waals surface area contributed by atoms with Crippen LogP contribution in [0.2, 0.25) is 5.02 Å². The normalized spacial score (nSPS) is 12.8. The van der Waals surface area contributed by atoms with Gasteiger partial charge in [-0.3, -0.25) is 0 Å². The number of phenols is 1. The van der Waals surface area contributed by atoms with Crippen LogP contribution in [-0.4, -0.2) is 5.11 Å². The highest BCUT2D eigenvalue weighted by molar-refractivity contribution is 6.30. The highest BCUT2D eigenvalue weighted by Crippen LogP contribution is 2.28. The SMILES string of the molecule is CCC[C@H](N)c1cc(Cl)ccc1O. The van der Waals surface area contributed by atoms with E-state index in [-0.39, 0.29) is 11.8 Å². The highest BCUT2D eigenvalue weighted by atomic mass is 35.5. The van der Waals surface area contributed by atoms with Crippen molar-refractivity contribution in [1.29, 1.82) is 0 Å². The zero-order valence-corrected chi connectivity index (χ0v) is 8.38. The van der Waals surface area contributed by atoms with Crippen LogP contribution in [0.4, 0.5) is 0 Å². The van der Waals surface area contributed by atoms with E-state index < -0.39 is 0 Å². The van der Waals surface area contributed by atoms with Gasteiger partial charge in [-0.15, -0.1) is 0 Å². The Bertz CT molecular complexity index is 288. The maximum absolute atomic E-state index is 9.49. The van der Waals surface area contributed by atoms with Gasteiger partial charge >= 0.3 is 0 Å². The van der Waals surface area contributed by atoms with E-state index in [2.05, 4.69) is 6.92 Å². The third kappa shape index (κ3) is 2.61. The lowest BCUT2D eigenvalue weighted by Crippen LogP contribution is -2.09. The summed E-state index contributed by atoms with van der Waals surface area (Å²) in [4.78, 5) is 0. The summed E-state index contributed by atoms with van der Waals surface area (Å²) >= 11 is 5.79. The van der Waals surface area contributed by atoms with E-state index in [0.29, 0.717) is 5.02 Å². The number of aromatic hydroxyl groups is 1. The lowest BCUT2D eigenvalue weighted by Gasteiger charge is -2.12.